The van der Waals surface area contributed by atoms with E-state index in [4.69, 9.17) is 9.47 Å². The maximum absolute atomic E-state index is 11.2. The van der Waals surface area contributed by atoms with Gasteiger partial charge in [0.2, 0.25) is 0 Å². The Bertz CT molecular complexity index is 513. The molecule has 0 aromatic rings. The van der Waals surface area contributed by atoms with Gasteiger partial charge < -0.3 is 14.6 Å². The summed E-state index contributed by atoms with van der Waals surface area (Å²) in [4.78, 5) is 0. The van der Waals surface area contributed by atoms with Crippen LogP contribution in [0, 0.1) is 34.5 Å². The minimum absolute atomic E-state index is 0.0957. The molecule has 0 radical (unpaired) electrons. The average molecular weight is 335 g/mol. The fourth-order valence-electron chi connectivity index (χ4n) is 8.09. The summed E-state index contributed by atoms with van der Waals surface area (Å²) in [6, 6.07) is 0. The molecule has 1 saturated heterocycles. The Labute approximate surface area is 146 Å². The van der Waals surface area contributed by atoms with Crippen LogP contribution in [0.4, 0.5) is 0 Å². The quantitative estimate of drug-likeness (QED) is 0.724. The third-order valence-electron chi connectivity index (χ3n) is 9.18. The molecule has 1 N–H and O–H groups in total. The second-order valence-electron chi connectivity index (χ2n) is 10.2. The second kappa shape index (κ2) is 5.20. The predicted molar refractivity (Wildman–Crippen MR) is 92.4 cm³/mol. The van der Waals surface area contributed by atoms with Gasteiger partial charge in [0.25, 0.3) is 0 Å². The Hall–Kier alpha value is -0.120. The van der Waals surface area contributed by atoms with Gasteiger partial charge in [0.05, 0.1) is 19.3 Å². The van der Waals surface area contributed by atoms with Crippen LogP contribution >= 0.6 is 0 Å². The summed E-state index contributed by atoms with van der Waals surface area (Å²) >= 11 is 0. The number of ether oxygens (including phenoxy) is 2. The number of aliphatic hydroxyl groups is 1. The molecule has 136 valence electrons. The molecule has 3 heteroatoms. The highest BCUT2D eigenvalue weighted by molar-refractivity contribution is 5.11. The minimum Gasteiger partial charge on any atom is -0.393 e. The molecule has 0 unspecified atom stereocenters. The summed E-state index contributed by atoms with van der Waals surface area (Å²) < 4.78 is 12.1. The van der Waals surface area contributed by atoms with Crippen molar-refractivity contribution in [2.24, 2.45) is 34.5 Å². The van der Waals surface area contributed by atoms with Crippen molar-refractivity contribution in [1.29, 1.82) is 0 Å². The van der Waals surface area contributed by atoms with Crippen molar-refractivity contribution >= 4 is 0 Å². The van der Waals surface area contributed by atoms with Gasteiger partial charge in [-0.2, -0.15) is 0 Å². The summed E-state index contributed by atoms with van der Waals surface area (Å²) in [7, 11) is 0. The third-order valence-corrected chi connectivity index (χ3v) is 9.18. The van der Waals surface area contributed by atoms with Crippen molar-refractivity contribution in [2.45, 2.75) is 83.5 Å². The second-order valence-corrected chi connectivity index (χ2v) is 10.2. The minimum atomic E-state index is -0.279. The molecule has 0 bridgehead atoms. The Morgan fingerprint density at radius 2 is 1.71 bits per heavy atom. The van der Waals surface area contributed by atoms with E-state index in [9.17, 15) is 5.11 Å². The number of hydrogen-bond acceptors (Lipinski definition) is 3. The molecule has 5 rings (SSSR count). The lowest BCUT2D eigenvalue weighted by Gasteiger charge is -2.62. The molecule has 24 heavy (non-hydrogen) atoms. The van der Waals surface area contributed by atoms with Gasteiger partial charge in [0.1, 0.15) is 0 Å². The molecule has 1 heterocycles. The van der Waals surface area contributed by atoms with Crippen molar-refractivity contribution in [3.8, 4) is 0 Å². The summed E-state index contributed by atoms with van der Waals surface area (Å²) in [6.45, 7) is 6.49. The van der Waals surface area contributed by atoms with Crippen LogP contribution in [0.25, 0.3) is 0 Å². The van der Waals surface area contributed by atoms with Gasteiger partial charge in [-0.05, 0) is 73.0 Å². The van der Waals surface area contributed by atoms with Crippen LogP contribution in [-0.2, 0) is 9.47 Å². The van der Waals surface area contributed by atoms with Crippen LogP contribution in [0.5, 0.6) is 0 Å². The fraction of sp³-hybridized carbons (Fsp3) is 1.00. The molecular weight excluding hydrogens is 300 g/mol. The van der Waals surface area contributed by atoms with E-state index in [1.165, 1.54) is 38.5 Å². The third kappa shape index (κ3) is 2.07. The lowest BCUT2D eigenvalue weighted by atomic mass is 9.44. The maximum Gasteiger partial charge on any atom is 0.168 e. The number of fused-ring (bicyclic) bond motifs is 5. The molecule has 0 aromatic carbocycles. The highest BCUT2D eigenvalue weighted by atomic mass is 16.7. The van der Waals surface area contributed by atoms with Gasteiger partial charge in [-0.25, -0.2) is 0 Å². The summed E-state index contributed by atoms with van der Waals surface area (Å²) in [5.41, 5.74) is 0.699. The van der Waals surface area contributed by atoms with E-state index >= 15 is 0 Å². The van der Waals surface area contributed by atoms with Gasteiger partial charge in [-0.15, -0.1) is 0 Å². The summed E-state index contributed by atoms with van der Waals surface area (Å²) in [5, 5.41) is 11.2. The van der Waals surface area contributed by atoms with E-state index in [2.05, 4.69) is 13.8 Å². The van der Waals surface area contributed by atoms with E-state index in [0.717, 1.165) is 44.3 Å². The first-order valence-corrected chi connectivity index (χ1v) is 10.4. The molecule has 0 aromatic heterocycles. The molecule has 1 aliphatic heterocycles. The highest BCUT2D eigenvalue weighted by Gasteiger charge is 2.62. The van der Waals surface area contributed by atoms with Crippen LogP contribution in [0.1, 0.15) is 71.6 Å². The van der Waals surface area contributed by atoms with Crippen molar-refractivity contribution in [3.05, 3.63) is 0 Å². The van der Waals surface area contributed by atoms with E-state index in [1.807, 2.05) is 0 Å². The largest absolute Gasteiger partial charge is 0.393 e. The first-order valence-electron chi connectivity index (χ1n) is 10.4. The smallest absolute Gasteiger partial charge is 0.168 e. The number of hydrogen-bond donors (Lipinski definition) is 1. The van der Waals surface area contributed by atoms with Crippen LogP contribution < -0.4 is 0 Å². The first kappa shape index (κ1) is 16.1. The maximum atomic E-state index is 11.2. The normalized spacial score (nSPS) is 55.9. The molecular formula is C21H34O3. The van der Waals surface area contributed by atoms with E-state index in [-0.39, 0.29) is 17.3 Å². The molecule has 4 saturated carbocycles. The average Bonchev–Trinajstić information content (AvgIpc) is 3.14. The lowest BCUT2D eigenvalue weighted by molar-refractivity contribution is -0.241. The zero-order chi connectivity index (χ0) is 16.6. The zero-order valence-electron chi connectivity index (χ0n) is 15.4. The predicted octanol–water partition coefficient (Wildman–Crippen LogP) is 4.13. The first-order chi connectivity index (χ1) is 11.5. The topological polar surface area (TPSA) is 38.7 Å². The Morgan fingerprint density at radius 1 is 0.917 bits per heavy atom. The van der Waals surface area contributed by atoms with E-state index < -0.39 is 0 Å². The molecule has 4 aliphatic carbocycles. The van der Waals surface area contributed by atoms with Crippen LogP contribution in [0.3, 0.4) is 0 Å². The molecule has 5 fully saturated rings. The molecule has 7 atom stereocenters. The SMILES string of the molecule is C[C@]12CCC[C@@H]1[C@@H]1CC[C@H]3CC4(CC[C@]3(C)[C@H]1[C@H](O)C2)OCCO4. The summed E-state index contributed by atoms with van der Waals surface area (Å²) in [5.74, 6) is 2.50. The van der Waals surface area contributed by atoms with Crippen LogP contribution in [-0.4, -0.2) is 30.2 Å². The van der Waals surface area contributed by atoms with Crippen molar-refractivity contribution in [2.75, 3.05) is 13.2 Å². The lowest BCUT2D eigenvalue weighted by Crippen LogP contribution is -2.59. The van der Waals surface area contributed by atoms with Crippen LogP contribution in [0.2, 0.25) is 0 Å². The van der Waals surface area contributed by atoms with Crippen LogP contribution in [0.15, 0.2) is 0 Å². The Balaban J connectivity index is 1.45. The molecule has 3 nitrogen and oxygen atoms in total. The van der Waals surface area contributed by atoms with E-state index in [1.54, 1.807) is 0 Å². The molecule has 5 aliphatic rings. The standard InChI is InChI=1S/C21H34O3/c1-19-7-3-4-16(19)15-6-5-14-12-21(23-10-11-24-21)9-8-20(14,2)18(15)17(22)13-19/h14-18,22H,3-13H2,1-2H3/t14-,15-,16+,17+,18+,19+,20-/m0/s1. The molecule has 0 amide bonds. The highest BCUT2D eigenvalue weighted by Crippen LogP contribution is 2.67. The van der Waals surface area contributed by atoms with Gasteiger partial charge in [-0.3, -0.25) is 0 Å². The van der Waals surface area contributed by atoms with Gasteiger partial charge >= 0.3 is 0 Å². The fourth-order valence-corrected chi connectivity index (χ4v) is 8.09. The van der Waals surface area contributed by atoms with Crippen molar-refractivity contribution in [3.63, 3.8) is 0 Å². The van der Waals surface area contributed by atoms with Crippen molar-refractivity contribution in [1.82, 2.24) is 0 Å². The number of aliphatic hydroxyl groups excluding tert-OH is 1. The van der Waals surface area contributed by atoms with E-state index in [0.29, 0.717) is 17.3 Å². The molecule has 1 spiro atoms. The Morgan fingerprint density at radius 3 is 2.50 bits per heavy atom. The Kier molecular flexibility index (Phi) is 3.49. The summed E-state index contributed by atoms with van der Waals surface area (Å²) in [6.07, 6.45) is 10.9. The van der Waals surface area contributed by atoms with Crippen molar-refractivity contribution < 1.29 is 14.6 Å². The number of rotatable bonds is 0. The van der Waals surface area contributed by atoms with Gasteiger partial charge in [0, 0.05) is 12.8 Å². The van der Waals surface area contributed by atoms with Gasteiger partial charge in [-0.1, -0.05) is 20.3 Å². The zero-order valence-corrected chi connectivity index (χ0v) is 15.4. The van der Waals surface area contributed by atoms with Gasteiger partial charge in [0.15, 0.2) is 5.79 Å². The monoisotopic (exact) mass is 334 g/mol.